The number of ether oxygens (including phenoxy) is 2. The van der Waals surface area contributed by atoms with Crippen molar-refractivity contribution in [2.24, 2.45) is 0 Å². The molecule has 2 aliphatic heterocycles. The second kappa shape index (κ2) is 11.6. The fourth-order valence-corrected chi connectivity index (χ4v) is 21.1. The van der Waals surface area contributed by atoms with Gasteiger partial charge in [0.15, 0.2) is 0 Å². The van der Waals surface area contributed by atoms with Crippen LogP contribution in [0.1, 0.15) is 12.8 Å². The number of esters is 2. The normalized spacial score (nSPS) is 16.9. The molecule has 0 aliphatic carbocycles. The van der Waals surface area contributed by atoms with Gasteiger partial charge in [-0.05, 0) is 0 Å². The zero-order chi connectivity index (χ0) is 17.4. The third kappa shape index (κ3) is 6.92. The van der Waals surface area contributed by atoms with Gasteiger partial charge >= 0.3 is 177 Å². The molecule has 24 heavy (non-hydrogen) atoms. The first kappa shape index (κ1) is 21.2. The Morgan fingerprint density at radius 2 is 1.33 bits per heavy atom. The summed E-state index contributed by atoms with van der Waals surface area (Å²) >= 11 is 5.57. The van der Waals surface area contributed by atoms with Gasteiger partial charge in [-0.3, -0.25) is 0 Å². The van der Waals surface area contributed by atoms with Gasteiger partial charge in [0.2, 0.25) is 0 Å². The van der Waals surface area contributed by atoms with E-state index in [1.165, 1.54) is 21.8 Å². The monoisotopic (exact) mass is 632 g/mol. The van der Waals surface area contributed by atoms with Gasteiger partial charge in [0.1, 0.15) is 0 Å². The Balaban J connectivity index is 1.94. The van der Waals surface area contributed by atoms with Crippen molar-refractivity contribution in [1.82, 2.24) is 0 Å². The average molecular weight is 628 g/mol. The van der Waals surface area contributed by atoms with Crippen molar-refractivity contribution in [2.45, 2.75) is 12.8 Å². The fraction of sp³-hybridized carbons (Fsp3) is 0.429. The van der Waals surface area contributed by atoms with Crippen LogP contribution >= 0.6 is 23.5 Å². The standard InChI is InChI=1S/C14H16O4S2Se4/c1-17-9(15)3-5-19-11-12(20-6-4-10(16)18-2)24-14(23-11)13-21-7-8-22-13/h7-8H,3-6H2,1-2H3. The van der Waals surface area contributed by atoms with Crippen LogP contribution in [-0.4, -0.2) is 97.5 Å². The number of rotatable bonds is 8. The predicted molar refractivity (Wildman–Crippen MR) is 104 cm³/mol. The molecule has 0 unspecified atom stereocenters. The molecule has 2 aliphatic rings. The van der Waals surface area contributed by atoms with Gasteiger partial charge in [0, 0.05) is 0 Å². The summed E-state index contributed by atoms with van der Waals surface area (Å²) in [5.41, 5.74) is 0. The van der Waals surface area contributed by atoms with Crippen molar-refractivity contribution in [3.8, 4) is 0 Å². The summed E-state index contributed by atoms with van der Waals surface area (Å²) in [6.45, 7) is 0. The Morgan fingerprint density at radius 1 is 0.875 bits per heavy atom. The van der Waals surface area contributed by atoms with Gasteiger partial charge in [0.25, 0.3) is 0 Å². The summed E-state index contributed by atoms with van der Waals surface area (Å²) in [5, 5.41) is 0. The fourth-order valence-electron chi connectivity index (χ4n) is 1.49. The van der Waals surface area contributed by atoms with E-state index in [0.29, 0.717) is 72.7 Å². The van der Waals surface area contributed by atoms with Gasteiger partial charge in [0.05, 0.1) is 0 Å². The van der Waals surface area contributed by atoms with E-state index >= 15 is 0 Å². The number of carbonyl (C=O) groups excluding carboxylic acids is 2. The quantitative estimate of drug-likeness (QED) is 0.297. The van der Waals surface area contributed by atoms with Crippen molar-refractivity contribution < 1.29 is 19.1 Å². The average Bonchev–Trinajstić information content (AvgIpc) is 3.24. The molecular weight excluding hydrogens is 612 g/mol. The minimum atomic E-state index is -0.149. The van der Waals surface area contributed by atoms with Gasteiger partial charge in [-0.2, -0.15) is 0 Å². The third-order valence-electron chi connectivity index (χ3n) is 2.64. The number of thioether (sulfide) groups is 2. The van der Waals surface area contributed by atoms with Gasteiger partial charge < -0.3 is 0 Å². The molecule has 0 aromatic carbocycles. The first-order valence-electron chi connectivity index (χ1n) is 6.86. The van der Waals surface area contributed by atoms with Crippen molar-refractivity contribution >= 4 is 95.3 Å². The molecule has 0 saturated carbocycles. The number of carbonyl (C=O) groups is 2. The molecule has 0 N–H and O–H groups in total. The van der Waals surface area contributed by atoms with Crippen LogP contribution in [0.3, 0.4) is 0 Å². The van der Waals surface area contributed by atoms with Crippen LogP contribution in [0.25, 0.3) is 0 Å². The van der Waals surface area contributed by atoms with Gasteiger partial charge in [-0.1, -0.05) is 0 Å². The predicted octanol–water partition coefficient (Wildman–Crippen LogP) is 1.15. The molecule has 4 nitrogen and oxygen atoms in total. The molecule has 2 rings (SSSR count). The molecular formula is C14H16O4S2Se4. The van der Waals surface area contributed by atoms with Crippen molar-refractivity contribution in [3.05, 3.63) is 24.3 Å². The second-order valence-corrected chi connectivity index (χ2v) is 18.3. The first-order valence-corrected chi connectivity index (χ1v) is 15.9. The Kier molecular flexibility index (Phi) is 10.3. The molecule has 0 aromatic rings. The van der Waals surface area contributed by atoms with Crippen LogP contribution in [0.4, 0.5) is 0 Å². The van der Waals surface area contributed by atoms with Crippen molar-refractivity contribution in [2.75, 3.05) is 25.7 Å². The van der Waals surface area contributed by atoms with E-state index in [0.717, 1.165) is 11.5 Å². The molecule has 0 atom stereocenters. The van der Waals surface area contributed by atoms with Crippen LogP contribution < -0.4 is 0 Å². The second-order valence-electron chi connectivity index (χ2n) is 4.21. The summed E-state index contributed by atoms with van der Waals surface area (Å²) in [7, 11) is 2.87. The zero-order valence-electron chi connectivity index (χ0n) is 13.1. The van der Waals surface area contributed by atoms with Crippen molar-refractivity contribution in [3.63, 3.8) is 0 Å². The summed E-state index contributed by atoms with van der Waals surface area (Å²) in [6.07, 6.45) is 0.907. The van der Waals surface area contributed by atoms with E-state index in [-0.39, 0.29) is 11.9 Å². The zero-order valence-corrected chi connectivity index (χ0v) is 21.6. The summed E-state index contributed by atoms with van der Waals surface area (Å²) in [5.74, 6) is 1.25. The third-order valence-corrected chi connectivity index (χ3v) is 21.7. The van der Waals surface area contributed by atoms with Crippen molar-refractivity contribution in [1.29, 1.82) is 0 Å². The van der Waals surface area contributed by atoms with Crippen LogP contribution in [0.15, 0.2) is 24.3 Å². The van der Waals surface area contributed by atoms with Crippen LogP contribution in [0, 0.1) is 0 Å². The molecule has 2 heterocycles. The molecule has 132 valence electrons. The first-order chi connectivity index (χ1) is 11.6. The summed E-state index contributed by atoms with van der Waals surface area (Å²) < 4.78 is 15.8. The Morgan fingerprint density at radius 3 is 1.75 bits per heavy atom. The Bertz CT molecular complexity index is 543. The van der Waals surface area contributed by atoms with E-state index in [9.17, 15) is 9.59 Å². The molecule has 0 bridgehead atoms. The van der Waals surface area contributed by atoms with Crippen LogP contribution in [0.5, 0.6) is 0 Å². The minimum absolute atomic E-state index is 0.149. The molecule has 0 saturated heterocycles. The van der Waals surface area contributed by atoms with Gasteiger partial charge in [-0.15, -0.1) is 0 Å². The summed E-state index contributed by atoms with van der Waals surface area (Å²) in [4.78, 5) is 27.3. The topological polar surface area (TPSA) is 52.6 Å². The number of hydrogen-bond acceptors (Lipinski definition) is 6. The number of hydrogen-bond donors (Lipinski definition) is 0. The SMILES string of the molecule is COC(=O)CCSC1=C(SCCC(=O)OC)[Se]C(=C2[Se]C=C[Se]2)[Se]1. The van der Waals surface area contributed by atoms with Crippen LogP contribution in [0.2, 0.25) is 0 Å². The molecule has 0 radical (unpaired) electrons. The maximum absolute atomic E-state index is 11.3. The number of methoxy groups -OCH3 is 2. The molecule has 0 spiro atoms. The maximum atomic E-state index is 11.3. The molecule has 0 aromatic heterocycles. The van der Waals surface area contributed by atoms with E-state index in [1.807, 2.05) is 23.5 Å². The van der Waals surface area contributed by atoms with E-state index in [2.05, 4.69) is 9.95 Å². The molecule has 10 heteroatoms. The Hall–Kier alpha value is 0.938. The van der Waals surface area contributed by atoms with Crippen LogP contribution in [-0.2, 0) is 19.1 Å². The van der Waals surface area contributed by atoms with E-state index < -0.39 is 0 Å². The molecule has 0 fully saturated rings. The van der Waals surface area contributed by atoms with E-state index in [1.54, 1.807) is 6.74 Å². The summed E-state index contributed by atoms with van der Waals surface area (Å²) in [6, 6.07) is 0. The van der Waals surface area contributed by atoms with Gasteiger partial charge in [-0.25, -0.2) is 0 Å². The van der Waals surface area contributed by atoms with E-state index in [4.69, 9.17) is 9.47 Å². The Labute approximate surface area is 175 Å². The molecule has 0 amide bonds.